The molecule has 1 aliphatic heterocycles. The molecule has 1 aliphatic rings. The van der Waals surface area contributed by atoms with Crippen molar-refractivity contribution in [3.63, 3.8) is 0 Å². The van der Waals surface area contributed by atoms with Crippen LogP contribution < -0.4 is 10.6 Å². The van der Waals surface area contributed by atoms with Crippen LogP contribution in [0.5, 0.6) is 0 Å². The molecule has 2 rings (SSSR count). The van der Waals surface area contributed by atoms with Crippen LogP contribution in [-0.2, 0) is 11.3 Å². The number of hydrogen-bond acceptors (Lipinski definition) is 3. The van der Waals surface area contributed by atoms with Gasteiger partial charge in [-0.25, -0.2) is 0 Å². The van der Waals surface area contributed by atoms with Crippen LogP contribution in [0.3, 0.4) is 0 Å². The lowest BCUT2D eigenvalue weighted by Gasteiger charge is -2.36. The fraction of sp³-hybridized carbons (Fsp3) is 0.529. The second-order valence-corrected chi connectivity index (χ2v) is 5.77. The van der Waals surface area contributed by atoms with Crippen molar-refractivity contribution < 1.29 is 4.79 Å². The van der Waals surface area contributed by atoms with E-state index in [1.807, 2.05) is 12.1 Å². The number of carbonyl (C=O) groups excluding carboxylic acids is 1. The van der Waals surface area contributed by atoms with Crippen LogP contribution in [0.2, 0.25) is 0 Å². The van der Waals surface area contributed by atoms with Gasteiger partial charge in [-0.3, -0.25) is 4.79 Å². The standard InChI is InChI=1S/C17H23N3O/c1-2-7-17(8-10-19-11-9-17)16(21)20-13-15-5-3-14(12-18)4-6-15/h3-6,19H,2,7-11,13H2,1H3,(H,20,21). The Morgan fingerprint density at radius 2 is 2.00 bits per heavy atom. The molecule has 2 N–H and O–H groups in total. The Morgan fingerprint density at radius 3 is 2.57 bits per heavy atom. The molecule has 0 spiro atoms. The van der Waals surface area contributed by atoms with Crippen LogP contribution in [0.15, 0.2) is 24.3 Å². The Labute approximate surface area is 126 Å². The summed E-state index contributed by atoms with van der Waals surface area (Å²) in [6.07, 6.45) is 3.82. The third-order valence-electron chi connectivity index (χ3n) is 4.31. The maximum atomic E-state index is 12.6. The third-order valence-corrected chi connectivity index (χ3v) is 4.31. The lowest BCUT2D eigenvalue weighted by atomic mass is 9.74. The molecular weight excluding hydrogens is 262 g/mol. The molecular formula is C17H23N3O. The van der Waals surface area contributed by atoms with E-state index in [9.17, 15) is 4.79 Å². The molecule has 1 aromatic carbocycles. The molecule has 1 saturated heterocycles. The second-order valence-electron chi connectivity index (χ2n) is 5.77. The highest BCUT2D eigenvalue weighted by molar-refractivity contribution is 5.82. The lowest BCUT2D eigenvalue weighted by Crippen LogP contribution is -2.47. The molecule has 4 heteroatoms. The zero-order valence-corrected chi connectivity index (χ0v) is 12.6. The van der Waals surface area contributed by atoms with Crippen LogP contribution in [0.25, 0.3) is 0 Å². The van der Waals surface area contributed by atoms with E-state index in [2.05, 4.69) is 23.6 Å². The lowest BCUT2D eigenvalue weighted by molar-refractivity contribution is -0.133. The number of benzene rings is 1. The first-order valence-corrected chi connectivity index (χ1v) is 7.68. The minimum Gasteiger partial charge on any atom is -0.352 e. The highest BCUT2D eigenvalue weighted by Crippen LogP contribution is 2.34. The number of hydrogen-bond donors (Lipinski definition) is 2. The fourth-order valence-corrected chi connectivity index (χ4v) is 3.04. The first-order valence-electron chi connectivity index (χ1n) is 7.68. The quantitative estimate of drug-likeness (QED) is 0.872. The summed E-state index contributed by atoms with van der Waals surface area (Å²) >= 11 is 0. The van der Waals surface area contributed by atoms with Crippen LogP contribution in [0.1, 0.15) is 43.7 Å². The summed E-state index contributed by atoms with van der Waals surface area (Å²) in [5, 5.41) is 15.2. The molecule has 0 atom stereocenters. The minimum absolute atomic E-state index is 0.176. The topological polar surface area (TPSA) is 64.9 Å². The highest BCUT2D eigenvalue weighted by Gasteiger charge is 2.38. The van der Waals surface area contributed by atoms with Crippen LogP contribution >= 0.6 is 0 Å². The average Bonchev–Trinajstić information content (AvgIpc) is 2.54. The van der Waals surface area contributed by atoms with Gasteiger partial charge in [0.1, 0.15) is 0 Å². The summed E-state index contributed by atoms with van der Waals surface area (Å²) in [5.74, 6) is 0.176. The van der Waals surface area contributed by atoms with Gasteiger partial charge in [-0.05, 0) is 50.0 Å². The van der Waals surface area contributed by atoms with E-state index >= 15 is 0 Å². The molecule has 0 saturated carbocycles. The SMILES string of the molecule is CCCC1(C(=O)NCc2ccc(C#N)cc2)CCNCC1. The summed E-state index contributed by atoms with van der Waals surface area (Å²) < 4.78 is 0. The van der Waals surface area contributed by atoms with Crippen molar-refractivity contribution in [2.75, 3.05) is 13.1 Å². The molecule has 1 aromatic rings. The van der Waals surface area contributed by atoms with Crippen LogP contribution in [-0.4, -0.2) is 19.0 Å². The summed E-state index contributed by atoms with van der Waals surface area (Å²) in [4.78, 5) is 12.6. The van der Waals surface area contributed by atoms with Crippen LogP contribution in [0, 0.1) is 16.7 Å². The van der Waals surface area contributed by atoms with Gasteiger partial charge < -0.3 is 10.6 Å². The molecule has 0 aliphatic carbocycles. The Balaban J connectivity index is 1.96. The molecule has 4 nitrogen and oxygen atoms in total. The van der Waals surface area contributed by atoms with Gasteiger partial charge in [0.25, 0.3) is 0 Å². The predicted octanol–water partition coefficient (Wildman–Crippen LogP) is 2.34. The van der Waals surface area contributed by atoms with Crippen molar-refractivity contribution >= 4 is 5.91 Å². The Hall–Kier alpha value is -1.86. The van der Waals surface area contributed by atoms with E-state index in [0.717, 1.165) is 44.3 Å². The first-order chi connectivity index (χ1) is 10.2. The number of nitriles is 1. The minimum atomic E-state index is -0.202. The van der Waals surface area contributed by atoms with Crippen molar-refractivity contribution in [2.24, 2.45) is 5.41 Å². The maximum Gasteiger partial charge on any atom is 0.226 e. The number of amides is 1. The summed E-state index contributed by atoms with van der Waals surface area (Å²) in [6, 6.07) is 9.46. The molecule has 0 radical (unpaired) electrons. The maximum absolute atomic E-state index is 12.6. The zero-order chi connectivity index (χ0) is 15.1. The first kappa shape index (κ1) is 15.5. The summed E-state index contributed by atoms with van der Waals surface area (Å²) in [5.41, 5.74) is 1.47. The van der Waals surface area contributed by atoms with Crippen LogP contribution in [0.4, 0.5) is 0 Å². The monoisotopic (exact) mass is 285 g/mol. The molecule has 1 fully saturated rings. The number of carbonyl (C=O) groups is 1. The Kier molecular flexibility index (Phi) is 5.35. The Morgan fingerprint density at radius 1 is 1.33 bits per heavy atom. The van der Waals surface area contributed by atoms with E-state index in [4.69, 9.17) is 5.26 Å². The van der Waals surface area contributed by atoms with Gasteiger partial charge in [-0.2, -0.15) is 5.26 Å². The van der Waals surface area contributed by atoms with Crippen molar-refractivity contribution in [3.8, 4) is 6.07 Å². The number of piperidine rings is 1. The summed E-state index contributed by atoms with van der Waals surface area (Å²) in [7, 11) is 0. The van der Waals surface area contributed by atoms with Gasteiger partial charge in [0, 0.05) is 6.54 Å². The molecule has 1 heterocycles. The van der Waals surface area contributed by atoms with Crippen molar-refractivity contribution in [3.05, 3.63) is 35.4 Å². The van der Waals surface area contributed by atoms with E-state index in [-0.39, 0.29) is 11.3 Å². The molecule has 0 bridgehead atoms. The highest BCUT2D eigenvalue weighted by atomic mass is 16.2. The van der Waals surface area contributed by atoms with Crippen molar-refractivity contribution in [1.82, 2.24) is 10.6 Å². The van der Waals surface area contributed by atoms with Gasteiger partial charge in [0.15, 0.2) is 0 Å². The zero-order valence-electron chi connectivity index (χ0n) is 12.6. The number of rotatable bonds is 5. The van der Waals surface area contributed by atoms with Gasteiger partial charge >= 0.3 is 0 Å². The van der Waals surface area contributed by atoms with Gasteiger partial charge in [0.2, 0.25) is 5.91 Å². The van der Waals surface area contributed by atoms with E-state index in [0.29, 0.717) is 12.1 Å². The summed E-state index contributed by atoms with van der Waals surface area (Å²) in [6.45, 7) is 4.51. The average molecular weight is 285 g/mol. The molecule has 1 amide bonds. The smallest absolute Gasteiger partial charge is 0.226 e. The third kappa shape index (κ3) is 3.83. The van der Waals surface area contributed by atoms with Gasteiger partial charge in [-0.1, -0.05) is 25.5 Å². The number of nitrogens with zero attached hydrogens (tertiary/aromatic N) is 1. The number of nitrogens with one attached hydrogen (secondary N) is 2. The van der Waals surface area contributed by atoms with E-state index in [1.54, 1.807) is 12.1 Å². The van der Waals surface area contributed by atoms with E-state index < -0.39 is 0 Å². The predicted molar refractivity (Wildman–Crippen MR) is 82.4 cm³/mol. The molecule has 112 valence electrons. The Bertz CT molecular complexity index is 504. The fourth-order valence-electron chi connectivity index (χ4n) is 3.04. The van der Waals surface area contributed by atoms with Crippen molar-refractivity contribution in [1.29, 1.82) is 5.26 Å². The van der Waals surface area contributed by atoms with Crippen molar-refractivity contribution in [2.45, 2.75) is 39.2 Å². The van der Waals surface area contributed by atoms with Gasteiger partial charge in [0.05, 0.1) is 17.0 Å². The van der Waals surface area contributed by atoms with E-state index in [1.165, 1.54) is 0 Å². The van der Waals surface area contributed by atoms with Gasteiger partial charge in [-0.15, -0.1) is 0 Å². The normalized spacial score (nSPS) is 17.0. The molecule has 0 aromatic heterocycles. The second kappa shape index (κ2) is 7.24. The largest absolute Gasteiger partial charge is 0.352 e. The molecule has 0 unspecified atom stereocenters. The molecule has 21 heavy (non-hydrogen) atoms.